The first-order valence-corrected chi connectivity index (χ1v) is 5.66. The lowest BCUT2D eigenvalue weighted by Crippen LogP contribution is -2.11. The van der Waals surface area contributed by atoms with Crippen molar-refractivity contribution in [1.29, 1.82) is 0 Å². The van der Waals surface area contributed by atoms with Crippen molar-refractivity contribution in [2.24, 2.45) is 0 Å². The van der Waals surface area contributed by atoms with E-state index in [1.54, 1.807) is 0 Å². The summed E-state index contributed by atoms with van der Waals surface area (Å²) in [5.41, 5.74) is 5.36. The molecule has 2 aromatic heterocycles. The predicted octanol–water partition coefficient (Wildman–Crippen LogP) is 2.22. The fraction of sp³-hybridized carbons (Fsp3) is 0.364. The Kier molecular flexibility index (Phi) is 3.41. The number of hydrogen-bond donors (Lipinski definition) is 1. The van der Waals surface area contributed by atoms with Gasteiger partial charge in [0, 0.05) is 11.8 Å². The Labute approximate surface area is 107 Å². The van der Waals surface area contributed by atoms with Gasteiger partial charge in [0.25, 0.3) is 0 Å². The maximum absolute atomic E-state index is 12.5. The molecule has 0 spiro atoms. The van der Waals surface area contributed by atoms with Gasteiger partial charge in [0.15, 0.2) is 11.5 Å². The van der Waals surface area contributed by atoms with Gasteiger partial charge in [-0.25, -0.2) is 14.6 Å². The second-order valence-electron chi connectivity index (χ2n) is 3.95. The number of rotatable bonds is 3. The minimum atomic E-state index is -4.48. The van der Waals surface area contributed by atoms with Gasteiger partial charge in [0.05, 0.1) is 0 Å². The summed E-state index contributed by atoms with van der Waals surface area (Å²) in [7, 11) is 0. The van der Waals surface area contributed by atoms with E-state index in [2.05, 4.69) is 15.1 Å². The number of nitrogens with zero attached hydrogens (tertiary/aromatic N) is 4. The molecule has 0 radical (unpaired) electrons. The van der Waals surface area contributed by atoms with Gasteiger partial charge in [0.2, 0.25) is 0 Å². The Bertz CT molecular complexity index is 576. The zero-order valence-electron chi connectivity index (χ0n) is 10.1. The quantitative estimate of drug-likeness (QED) is 0.929. The number of nitrogens with two attached hydrogens (primary N) is 1. The van der Waals surface area contributed by atoms with E-state index in [4.69, 9.17) is 5.73 Å². The highest BCUT2D eigenvalue weighted by Gasteiger charge is 2.33. The summed E-state index contributed by atoms with van der Waals surface area (Å²) in [6.07, 6.45) is -0.710. The molecule has 2 aromatic rings. The minimum Gasteiger partial charge on any atom is -0.383 e. The molecule has 0 fully saturated rings. The van der Waals surface area contributed by atoms with Crippen molar-refractivity contribution in [1.82, 2.24) is 19.7 Å². The summed E-state index contributed by atoms with van der Waals surface area (Å²) < 4.78 is 38.6. The van der Waals surface area contributed by atoms with Crippen molar-refractivity contribution < 1.29 is 13.2 Å². The summed E-state index contributed by atoms with van der Waals surface area (Å²) in [5, 5.41) is 3.48. The average Bonchev–Trinajstić information content (AvgIpc) is 2.81. The summed E-state index contributed by atoms with van der Waals surface area (Å²) in [5.74, 6) is 0.542. The van der Waals surface area contributed by atoms with Crippen LogP contribution in [0.3, 0.4) is 0 Å². The van der Waals surface area contributed by atoms with E-state index >= 15 is 0 Å². The zero-order valence-corrected chi connectivity index (χ0v) is 10.1. The number of halogens is 3. The molecular weight excluding hydrogens is 259 g/mol. The molecule has 0 atom stereocenters. The van der Waals surface area contributed by atoms with E-state index in [9.17, 15) is 13.2 Å². The van der Waals surface area contributed by atoms with E-state index in [1.807, 2.05) is 6.92 Å². The van der Waals surface area contributed by atoms with Crippen LogP contribution in [0.4, 0.5) is 19.0 Å². The van der Waals surface area contributed by atoms with E-state index in [0.29, 0.717) is 12.0 Å². The molecule has 0 aliphatic rings. The van der Waals surface area contributed by atoms with Crippen molar-refractivity contribution in [3.63, 3.8) is 0 Å². The highest BCUT2D eigenvalue weighted by atomic mass is 19.4. The Morgan fingerprint density at radius 1 is 1.32 bits per heavy atom. The third-order valence-electron chi connectivity index (χ3n) is 2.55. The van der Waals surface area contributed by atoms with Crippen molar-refractivity contribution in [3.05, 3.63) is 29.8 Å². The smallest absolute Gasteiger partial charge is 0.383 e. The van der Waals surface area contributed by atoms with Crippen LogP contribution in [-0.4, -0.2) is 19.7 Å². The van der Waals surface area contributed by atoms with Crippen LogP contribution >= 0.6 is 0 Å². The normalized spacial score (nSPS) is 11.8. The summed E-state index contributed by atoms with van der Waals surface area (Å²) >= 11 is 0. The molecule has 0 bridgehead atoms. The van der Waals surface area contributed by atoms with Gasteiger partial charge in [-0.1, -0.05) is 13.3 Å². The molecule has 0 aromatic carbocycles. The van der Waals surface area contributed by atoms with Crippen LogP contribution in [0.2, 0.25) is 0 Å². The highest BCUT2D eigenvalue weighted by Crippen LogP contribution is 2.28. The lowest BCUT2D eigenvalue weighted by Gasteiger charge is -2.09. The molecule has 0 amide bonds. The summed E-state index contributed by atoms with van der Waals surface area (Å²) in [6.45, 7) is 1.93. The van der Waals surface area contributed by atoms with Gasteiger partial charge in [-0.15, -0.1) is 0 Å². The summed E-state index contributed by atoms with van der Waals surface area (Å²) in [4.78, 5) is 7.81. The largest absolute Gasteiger partial charge is 0.435 e. The molecule has 19 heavy (non-hydrogen) atoms. The molecule has 102 valence electrons. The molecule has 0 aliphatic carbocycles. The second-order valence-corrected chi connectivity index (χ2v) is 3.95. The SMILES string of the molecule is CCCc1c(N)ncnc1-n1ccc(C(F)(F)F)n1. The number of alkyl halides is 3. The maximum atomic E-state index is 12.5. The van der Waals surface area contributed by atoms with Crippen molar-refractivity contribution >= 4 is 5.82 Å². The first-order chi connectivity index (χ1) is 8.93. The number of nitrogen functional groups attached to an aromatic ring is 1. The Morgan fingerprint density at radius 3 is 2.63 bits per heavy atom. The molecule has 0 saturated carbocycles. The van der Waals surface area contributed by atoms with E-state index in [0.717, 1.165) is 17.2 Å². The highest BCUT2D eigenvalue weighted by molar-refractivity contribution is 5.48. The second kappa shape index (κ2) is 4.87. The first-order valence-electron chi connectivity index (χ1n) is 5.66. The number of anilines is 1. The zero-order chi connectivity index (χ0) is 14.0. The van der Waals surface area contributed by atoms with Crippen molar-refractivity contribution in [2.75, 3.05) is 5.73 Å². The molecule has 2 N–H and O–H groups in total. The molecule has 2 heterocycles. The van der Waals surface area contributed by atoms with Crippen LogP contribution in [0.15, 0.2) is 18.6 Å². The topological polar surface area (TPSA) is 69.6 Å². The van der Waals surface area contributed by atoms with E-state index in [-0.39, 0.29) is 11.6 Å². The predicted molar refractivity (Wildman–Crippen MR) is 62.6 cm³/mol. The number of hydrogen-bond acceptors (Lipinski definition) is 4. The number of aromatic nitrogens is 4. The summed E-state index contributed by atoms with van der Waals surface area (Å²) in [6, 6.07) is 0.897. The molecule has 0 aliphatic heterocycles. The lowest BCUT2D eigenvalue weighted by atomic mass is 10.1. The van der Waals surface area contributed by atoms with Crippen LogP contribution in [0.1, 0.15) is 24.6 Å². The molecule has 0 saturated heterocycles. The molecule has 2 rings (SSSR count). The maximum Gasteiger partial charge on any atom is 0.435 e. The van der Waals surface area contributed by atoms with Crippen LogP contribution in [0.5, 0.6) is 0 Å². The Morgan fingerprint density at radius 2 is 2.05 bits per heavy atom. The monoisotopic (exact) mass is 271 g/mol. The lowest BCUT2D eigenvalue weighted by molar-refractivity contribution is -0.141. The molecule has 0 unspecified atom stereocenters. The Hall–Kier alpha value is -2.12. The van der Waals surface area contributed by atoms with Crippen LogP contribution in [0.25, 0.3) is 5.82 Å². The van der Waals surface area contributed by atoms with Gasteiger partial charge in [-0.3, -0.25) is 0 Å². The Balaban J connectivity index is 2.47. The average molecular weight is 271 g/mol. The van der Waals surface area contributed by atoms with Gasteiger partial charge in [-0.05, 0) is 12.5 Å². The van der Waals surface area contributed by atoms with Crippen LogP contribution in [0, 0.1) is 0 Å². The first kappa shape index (κ1) is 13.3. The van der Waals surface area contributed by atoms with Gasteiger partial charge in [-0.2, -0.15) is 18.3 Å². The van der Waals surface area contributed by atoms with Crippen molar-refractivity contribution in [2.45, 2.75) is 25.9 Å². The van der Waals surface area contributed by atoms with Crippen LogP contribution < -0.4 is 5.73 Å². The fourth-order valence-electron chi connectivity index (χ4n) is 1.70. The van der Waals surface area contributed by atoms with E-state index < -0.39 is 11.9 Å². The molecule has 8 heteroatoms. The van der Waals surface area contributed by atoms with Gasteiger partial charge >= 0.3 is 6.18 Å². The molecule has 5 nitrogen and oxygen atoms in total. The van der Waals surface area contributed by atoms with Crippen LogP contribution in [-0.2, 0) is 12.6 Å². The van der Waals surface area contributed by atoms with Gasteiger partial charge in [0.1, 0.15) is 12.1 Å². The van der Waals surface area contributed by atoms with E-state index in [1.165, 1.54) is 12.5 Å². The standard InChI is InChI=1S/C11H12F3N5/c1-2-3-7-9(15)16-6-17-10(7)19-5-4-8(18-19)11(12,13)14/h4-6H,2-3H2,1H3,(H2,15,16,17). The fourth-order valence-corrected chi connectivity index (χ4v) is 1.70. The molecular formula is C11H12F3N5. The third-order valence-corrected chi connectivity index (χ3v) is 2.55. The minimum absolute atomic E-state index is 0.260. The third kappa shape index (κ3) is 2.67. The van der Waals surface area contributed by atoms with Gasteiger partial charge < -0.3 is 5.73 Å². The van der Waals surface area contributed by atoms with Crippen molar-refractivity contribution in [3.8, 4) is 5.82 Å².